The van der Waals surface area contributed by atoms with Gasteiger partial charge in [0.25, 0.3) is 0 Å². The lowest BCUT2D eigenvalue weighted by molar-refractivity contribution is -0.122. The molecule has 6 nitrogen and oxygen atoms in total. The monoisotopic (exact) mass is 428 g/mol. The SMILES string of the molecule is C[C@@H](C(=O)N[C@H]1C[C@@H]2CC[C@H]1C2)N(c1ccc(Oc2ccccc2)cc1)S(C)(=O)=O. The average molecular weight is 429 g/mol. The van der Waals surface area contributed by atoms with Crippen molar-refractivity contribution in [3.05, 3.63) is 54.6 Å². The highest BCUT2D eigenvalue weighted by atomic mass is 32.2. The average Bonchev–Trinajstić information content (AvgIpc) is 3.32. The summed E-state index contributed by atoms with van der Waals surface area (Å²) < 4.78 is 32.0. The fraction of sp³-hybridized carbons (Fsp3) is 0.435. The van der Waals surface area contributed by atoms with Crippen LogP contribution in [0.15, 0.2) is 54.6 Å². The Morgan fingerprint density at radius 2 is 1.70 bits per heavy atom. The maximum Gasteiger partial charge on any atom is 0.243 e. The quantitative estimate of drug-likeness (QED) is 0.725. The number of para-hydroxylation sites is 1. The maximum absolute atomic E-state index is 12.9. The first-order valence-corrected chi connectivity index (χ1v) is 12.3. The molecule has 0 unspecified atom stereocenters. The zero-order valence-electron chi connectivity index (χ0n) is 17.3. The van der Waals surface area contributed by atoms with Crippen molar-refractivity contribution in [1.82, 2.24) is 5.32 Å². The number of rotatable bonds is 7. The third kappa shape index (κ3) is 4.46. The molecule has 2 bridgehead atoms. The number of fused-ring (bicyclic) bond motifs is 2. The molecule has 30 heavy (non-hydrogen) atoms. The van der Waals surface area contributed by atoms with Crippen LogP contribution in [-0.2, 0) is 14.8 Å². The summed E-state index contributed by atoms with van der Waals surface area (Å²) in [5, 5.41) is 3.11. The molecule has 4 rings (SSSR count). The van der Waals surface area contributed by atoms with Crippen molar-refractivity contribution in [3.63, 3.8) is 0 Å². The van der Waals surface area contributed by atoms with Crippen LogP contribution in [0.5, 0.6) is 11.5 Å². The fourth-order valence-electron chi connectivity index (χ4n) is 4.82. The van der Waals surface area contributed by atoms with Crippen LogP contribution in [-0.4, -0.2) is 32.7 Å². The van der Waals surface area contributed by atoms with Gasteiger partial charge in [0.2, 0.25) is 15.9 Å². The van der Waals surface area contributed by atoms with Crippen molar-refractivity contribution in [2.75, 3.05) is 10.6 Å². The van der Waals surface area contributed by atoms with Gasteiger partial charge in [-0.25, -0.2) is 8.42 Å². The lowest BCUT2D eigenvalue weighted by atomic mass is 9.95. The number of hydrogen-bond acceptors (Lipinski definition) is 4. The zero-order valence-corrected chi connectivity index (χ0v) is 18.1. The Morgan fingerprint density at radius 3 is 2.27 bits per heavy atom. The Morgan fingerprint density at radius 1 is 1.03 bits per heavy atom. The topological polar surface area (TPSA) is 75.7 Å². The van der Waals surface area contributed by atoms with E-state index in [2.05, 4.69) is 5.32 Å². The van der Waals surface area contributed by atoms with E-state index in [0.717, 1.165) is 19.1 Å². The molecule has 0 spiro atoms. The van der Waals surface area contributed by atoms with Crippen LogP contribution >= 0.6 is 0 Å². The van der Waals surface area contributed by atoms with Crippen LogP contribution in [0.3, 0.4) is 0 Å². The van der Waals surface area contributed by atoms with Gasteiger partial charge in [-0.1, -0.05) is 24.6 Å². The molecule has 2 aliphatic rings. The molecular weight excluding hydrogens is 400 g/mol. The van der Waals surface area contributed by atoms with Gasteiger partial charge in [-0.15, -0.1) is 0 Å². The summed E-state index contributed by atoms with van der Waals surface area (Å²) in [5.74, 6) is 2.29. The molecule has 1 N–H and O–H groups in total. The molecule has 0 aliphatic heterocycles. The summed E-state index contributed by atoms with van der Waals surface area (Å²) in [7, 11) is -3.65. The van der Waals surface area contributed by atoms with Crippen LogP contribution < -0.4 is 14.4 Å². The molecule has 0 saturated heterocycles. The Balaban J connectivity index is 1.48. The molecule has 0 radical (unpaired) electrons. The normalized spacial score (nSPS) is 23.7. The Bertz CT molecular complexity index is 992. The molecule has 7 heteroatoms. The van der Waals surface area contributed by atoms with Crippen LogP contribution in [0.4, 0.5) is 5.69 Å². The number of ether oxygens (including phenoxy) is 1. The second-order valence-corrected chi connectivity index (χ2v) is 10.3. The predicted octanol–water partition coefficient (Wildman–Crippen LogP) is 3.94. The summed E-state index contributed by atoms with van der Waals surface area (Å²) >= 11 is 0. The van der Waals surface area contributed by atoms with Gasteiger partial charge in [-0.3, -0.25) is 9.10 Å². The number of sulfonamides is 1. The van der Waals surface area contributed by atoms with Gasteiger partial charge in [-0.05, 0) is 74.4 Å². The van der Waals surface area contributed by atoms with E-state index in [1.807, 2.05) is 30.3 Å². The molecule has 160 valence electrons. The first-order valence-electron chi connectivity index (χ1n) is 10.4. The number of carbonyl (C=O) groups excluding carboxylic acids is 1. The second-order valence-electron chi connectivity index (χ2n) is 8.43. The summed E-state index contributed by atoms with van der Waals surface area (Å²) in [6.45, 7) is 1.64. The van der Waals surface area contributed by atoms with E-state index in [-0.39, 0.29) is 11.9 Å². The first-order chi connectivity index (χ1) is 14.3. The van der Waals surface area contributed by atoms with Crippen molar-refractivity contribution in [3.8, 4) is 11.5 Å². The van der Waals surface area contributed by atoms with Gasteiger partial charge in [0.05, 0.1) is 11.9 Å². The first kappa shape index (κ1) is 20.7. The van der Waals surface area contributed by atoms with Crippen molar-refractivity contribution in [2.24, 2.45) is 11.8 Å². The minimum atomic E-state index is -3.65. The lowest BCUT2D eigenvalue weighted by Crippen LogP contribution is -2.51. The van der Waals surface area contributed by atoms with Gasteiger partial charge in [0.1, 0.15) is 17.5 Å². The number of amides is 1. The van der Waals surface area contributed by atoms with Crippen LogP contribution in [0.1, 0.15) is 32.6 Å². The second kappa shape index (κ2) is 8.30. The van der Waals surface area contributed by atoms with Crippen molar-refractivity contribution in [1.29, 1.82) is 0 Å². The Labute approximate surface area is 178 Å². The highest BCUT2D eigenvalue weighted by molar-refractivity contribution is 7.92. The number of hydrogen-bond donors (Lipinski definition) is 1. The van der Waals surface area contributed by atoms with Gasteiger partial charge < -0.3 is 10.1 Å². The summed E-state index contributed by atoms with van der Waals surface area (Å²) in [4.78, 5) is 12.9. The highest BCUT2D eigenvalue weighted by Gasteiger charge is 2.41. The largest absolute Gasteiger partial charge is 0.457 e. The van der Waals surface area contributed by atoms with E-state index in [1.54, 1.807) is 31.2 Å². The number of benzene rings is 2. The Hall–Kier alpha value is -2.54. The number of nitrogens with one attached hydrogen (secondary N) is 1. The molecule has 4 atom stereocenters. The lowest BCUT2D eigenvalue weighted by Gasteiger charge is -2.31. The summed E-state index contributed by atoms with van der Waals surface area (Å²) in [6.07, 6.45) is 5.72. The van der Waals surface area contributed by atoms with E-state index >= 15 is 0 Å². The third-order valence-electron chi connectivity index (χ3n) is 6.22. The molecule has 2 fully saturated rings. The number of nitrogens with zero attached hydrogens (tertiary/aromatic N) is 1. The van der Waals surface area contributed by atoms with E-state index in [4.69, 9.17) is 4.74 Å². The van der Waals surface area contributed by atoms with E-state index in [0.29, 0.717) is 29.0 Å². The van der Waals surface area contributed by atoms with Crippen molar-refractivity contribution in [2.45, 2.75) is 44.7 Å². The molecule has 2 aliphatic carbocycles. The van der Waals surface area contributed by atoms with Crippen LogP contribution in [0, 0.1) is 11.8 Å². The smallest absolute Gasteiger partial charge is 0.243 e. The van der Waals surface area contributed by atoms with E-state index in [1.165, 1.54) is 17.1 Å². The standard InChI is InChI=1S/C23H28N2O4S/c1-16(23(26)24-22-15-17-8-9-18(22)14-17)25(30(2,27)28)19-10-12-21(13-11-19)29-20-6-4-3-5-7-20/h3-7,10-13,16-18,22H,8-9,14-15H2,1-2H3,(H,24,26)/t16-,17+,18-,22-/m0/s1. The minimum absolute atomic E-state index is 0.168. The maximum atomic E-state index is 12.9. The van der Waals surface area contributed by atoms with Crippen molar-refractivity contribution < 1.29 is 17.9 Å². The Kier molecular flexibility index (Phi) is 5.73. The summed E-state index contributed by atoms with van der Waals surface area (Å²) in [6, 6.07) is 15.4. The van der Waals surface area contributed by atoms with Gasteiger partial charge in [0, 0.05) is 6.04 Å². The number of carbonyl (C=O) groups is 1. The molecule has 0 heterocycles. The summed E-state index contributed by atoms with van der Waals surface area (Å²) in [5.41, 5.74) is 0.438. The van der Waals surface area contributed by atoms with Crippen LogP contribution in [0.25, 0.3) is 0 Å². The number of anilines is 1. The minimum Gasteiger partial charge on any atom is -0.457 e. The van der Waals surface area contributed by atoms with Gasteiger partial charge >= 0.3 is 0 Å². The third-order valence-corrected chi connectivity index (χ3v) is 7.47. The molecular formula is C23H28N2O4S. The molecule has 2 saturated carbocycles. The van der Waals surface area contributed by atoms with E-state index in [9.17, 15) is 13.2 Å². The van der Waals surface area contributed by atoms with E-state index < -0.39 is 16.1 Å². The molecule has 2 aromatic carbocycles. The van der Waals surface area contributed by atoms with Gasteiger partial charge in [0.15, 0.2) is 0 Å². The molecule has 2 aromatic rings. The van der Waals surface area contributed by atoms with Gasteiger partial charge in [-0.2, -0.15) is 0 Å². The highest BCUT2D eigenvalue weighted by Crippen LogP contribution is 2.44. The predicted molar refractivity (Wildman–Crippen MR) is 117 cm³/mol. The zero-order chi connectivity index (χ0) is 21.3. The molecule has 0 aromatic heterocycles. The molecule has 1 amide bonds. The fourth-order valence-corrected chi connectivity index (χ4v) is 5.99. The van der Waals surface area contributed by atoms with Crippen molar-refractivity contribution >= 4 is 21.6 Å². The van der Waals surface area contributed by atoms with Crippen LogP contribution in [0.2, 0.25) is 0 Å².